The van der Waals surface area contributed by atoms with Crippen molar-refractivity contribution in [1.82, 2.24) is 20.1 Å². The minimum atomic E-state index is -3.58. The summed E-state index contributed by atoms with van der Waals surface area (Å²) < 4.78 is 26.9. The summed E-state index contributed by atoms with van der Waals surface area (Å²) >= 11 is 1.41. The zero-order valence-corrected chi connectivity index (χ0v) is 20.0. The summed E-state index contributed by atoms with van der Waals surface area (Å²) in [6.07, 6.45) is 4.96. The van der Waals surface area contributed by atoms with Crippen molar-refractivity contribution in [1.29, 1.82) is 0 Å². The number of rotatable bonds is 6. The summed E-state index contributed by atoms with van der Waals surface area (Å²) in [5, 5.41) is 17.5. The van der Waals surface area contributed by atoms with Gasteiger partial charge in [0.25, 0.3) is 5.91 Å². The van der Waals surface area contributed by atoms with Gasteiger partial charge in [-0.15, -0.1) is 11.3 Å². The molecule has 10 heteroatoms. The standard InChI is InChI=1S/C24H24N4O4S2/c29-23(28-10-8-24(30,9-11-28)12-18-13-26-27-14-18)19-6-4-17(5-7-19)15-34(31,32)21-3-1-2-20-22(21)25-16-33-20/h1-7,13-14,16,30H,8-12,15H2,(H,26,27). The van der Waals surface area contributed by atoms with Gasteiger partial charge in [-0.1, -0.05) is 18.2 Å². The van der Waals surface area contributed by atoms with Crippen LogP contribution in [0.1, 0.15) is 34.3 Å². The van der Waals surface area contributed by atoms with Crippen molar-refractivity contribution in [2.75, 3.05) is 13.1 Å². The van der Waals surface area contributed by atoms with Crippen LogP contribution in [0.25, 0.3) is 10.2 Å². The maximum absolute atomic E-state index is 13.0. The number of carbonyl (C=O) groups excluding carboxylic acids is 1. The topological polar surface area (TPSA) is 116 Å². The Hall–Kier alpha value is -3.08. The highest BCUT2D eigenvalue weighted by Gasteiger charge is 2.34. The molecule has 1 amide bonds. The molecule has 2 aromatic heterocycles. The Balaban J connectivity index is 1.24. The van der Waals surface area contributed by atoms with Gasteiger partial charge in [-0.3, -0.25) is 9.89 Å². The smallest absolute Gasteiger partial charge is 0.253 e. The monoisotopic (exact) mass is 496 g/mol. The van der Waals surface area contributed by atoms with Crippen LogP contribution < -0.4 is 0 Å². The molecule has 34 heavy (non-hydrogen) atoms. The zero-order valence-electron chi connectivity index (χ0n) is 18.3. The Bertz CT molecular complexity index is 1400. The number of aromatic nitrogens is 3. The zero-order chi connectivity index (χ0) is 23.8. The third kappa shape index (κ3) is 4.61. The molecule has 0 aliphatic carbocycles. The number of nitrogens with one attached hydrogen (secondary N) is 1. The molecule has 1 aliphatic heterocycles. The summed E-state index contributed by atoms with van der Waals surface area (Å²) in [5.74, 6) is -0.282. The van der Waals surface area contributed by atoms with E-state index in [9.17, 15) is 18.3 Å². The van der Waals surface area contributed by atoms with Crippen LogP contribution in [0.3, 0.4) is 0 Å². The summed E-state index contributed by atoms with van der Waals surface area (Å²) in [6.45, 7) is 0.919. The van der Waals surface area contributed by atoms with Crippen LogP contribution in [0.4, 0.5) is 0 Å². The molecule has 1 aliphatic rings. The number of nitrogens with zero attached hydrogens (tertiary/aromatic N) is 3. The van der Waals surface area contributed by atoms with Crippen molar-refractivity contribution in [3.05, 3.63) is 77.1 Å². The normalized spacial score (nSPS) is 16.1. The molecule has 0 saturated carbocycles. The van der Waals surface area contributed by atoms with Gasteiger partial charge in [0.05, 0.1) is 38.2 Å². The molecule has 5 rings (SSSR count). The van der Waals surface area contributed by atoms with Crippen LogP contribution in [0.5, 0.6) is 0 Å². The lowest BCUT2D eigenvalue weighted by molar-refractivity contribution is -0.0162. The third-order valence-electron chi connectivity index (χ3n) is 6.29. The molecule has 4 aromatic rings. The number of hydrogen-bond donors (Lipinski definition) is 2. The van der Waals surface area contributed by atoms with E-state index in [0.29, 0.717) is 49.0 Å². The number of hydrogen-bond acceptors (Lipinski definition) is 7. The van der Waals surface area contributed by atoms with Gasteiger partial charge in [-0.25, -0.2) is 13.4 Å². The lowest BCUT2D eigenvalue weighted by atomic mass is 9.86. The van der Waals surface area contributed by atoms with Crippen LogP contribution in [0.15, 0.2) is 65.3 Å². The number of aromatic amines is 1. The summed E-state index contributed by atoms with van der Waals surface area (Å²) in [4.78, 5) is 19.1. The summed E-state index contributed by atoms with van der Waals surface area (Å²) in [5.41, 5.74) is 3.35. The van der Waals surface area contributed by atoms with Gasteiger partial charge in [-0.05, 0) is 48.2 Å². The molecule has 0 bridgehead atoms. The first-order valence-electron chi connectivity index (χ1n) is 11.0. The number of piperidine rings is 1. The summed E-state index contributed by atoms with van der Waals surface area (Å²) in [7, 11) is -3.58. The Morgan fingerprint density at radius 1 is 1.12 bits per heavy atom. The van der Waals surface area contributed by atoms with E-state index in [1.807, 2.05) is 6.07 Å². The second-order valence-corrected chi connectivity index (χ2v) is 11.6. The van der Waals surface area contributed by atoms with Crippen LogP contribution >= 0.6 is 11.3 Å². The molecular formula is C24H24N4O4S2. The van der Waals surface area contributed by atoms with Gasteiger partial charge in [0.15, 0.2) is 9.84 Å². The fourth-order valence-corrected chi connectivity index (χ4v) is 6.69. The number of sulfone groups is 1. The third-order valence-corrected chi connectivity index (χ3v) is 8.79. The molecule has 176 valence electrons. The molecule has 0 unspecified atom stereocenters. The number of thiazole rings is 1. The highest BCUT2D eigenvalue weighted by molar-refractivity contribution is 7.90. The molecule has 0 atom stereocenters. The first-order valence-corrected chi connectivity index (χ1v) is 13.5. The molecule has 1 saturated heterocycles. The van der Waals surface area contributed by atoms with E-state index in [1.165, 1.54) is 11.3 Å². The highest BCUT2D eigenvalue weighted by Crippen LogP contribution is 2.29. The highest BCUT2D eigenvalue weighted by atomic mass is 32.2. The van der Waals surface area contributed by atoms with Gasteiger partial charge in [-0.2, -0.15) is 5.10 Å². The lowest BCUT2D eigenvalue weighted by Crippen LogP contribution is -2.47. The Labute approximate surface area is 201 Å². The van der Waals surface area contributed by atoms with Crippen molar-refractivity contribution in [3.8, 4) is 0 Å². The average Bonchev–Trinajstić information content (AvgIpc) is 3.51. The van der Waals surface area contributed by atoms with Crippen LogP contribution in [-0.4, -0.2) is 58.2 Å². The van der Waals surface area contributed by atoms with Gasteiger partial charge in [0.2, 0.25) is 0 Å². The molecule has 0 spiro atoms. The Morgan fingerprint density at radius 3 is 2.59 bits per heavy atom. The molecule has 2 aromatic carbocycles. The maximum atomic E-state index is 13.0. The van der Waals surface area contributed by atoms with E-state index in [4.69, 9.17) is 0 Å². The van der Waals surface area contributed by atoms with E-state index >= 15 is 0 Å². The Morgan fingerprint density at radius 2 is 1.88 bits per heavy atom. The molecule has 3 heterocycles. The van der Waals surface area contributed by atoms with Gasteiger partial charge < -0.3 is 10.0 Å². The second-order valence-electron chi connectivity index (χ2n) is 8.71. The van der Waals surface area contributed by atoms with Gasteiger partial charge in [0, 0.05) is 31.3 Å². The van der Waals surface area contributed by atoms with Crippen molar-refractivity contribution in [3.63, 3.8) is 0 Å². The number of benzene rings is 2. The Kier molecular flexibility index (Phi) is 5.97. The van der Waals surface area contributed by atoms with Crippen LogP contribution in [0.2, 0.25) is 0 Å². The lowest BCUT2D eigenvalue weighted by Gasteiger charge is -2.38. The molecular weight excluding hydrogens is 472 g/mol. The predicted octanol–water partition coefficient (Wildman–Crippen LogP) is 3.20. The van der Waals surface area contributed by atoms with Gasteiger partial charge in [0.1, 0.15) is 0 Å². The van der Waals surface area contributed by atoms with E-state index in [2.05, 4.69) is 15.2 Å². The first kappa shape index (κ1) is 22.7. The van der Waals surface area contributed by atoms with Crippen molar-refractivity contribution in [2.45, 2.75) is 35.5 Å². The quantitative estimate of drug-likeness (QED) is 0.423. The minimum Gasteiger partial charge on any atom is -0.389 e. The van der Waals surface area contributed by atoms with Crippen molar-refractivity contribution in [2.24, 2.45) is 0 Å². The predicted molar refractivity (Wildman–Crippen MR) is 129 cm³/mol. The molecule has 8 nitrogen and oxygen atoms in total. The number of carbonyl (C=O) groups is 1. The number of H-pyrrole nitrogens is 1. The number of likely N-dealkylation sites (tertiary alicyclic amines) is 1. The maximum Gasteiger partial charge on any atom is 0.253 e. The minimum absolute atomic E-state index is 0.119. The first-order chi connectivity index (χ1) is 16.3. The van der Waals surface area contributed by atoms with Crippen LogP contribution in [-0.2, 0) is 22.0 Å². The van der Waals surface area contributed by atoms with Crippen LogP contribution in [0, 0.1) is 0 Å². The van der Waals surface area contributed by atoms with Crippen molar-refractivity contribution >= 4 is 37.3 Å². The molecule has 0 radical (unpaired) electrons. The average molecular weight is 497 g/mol. The largest absolute Gasteiger partial charge is 0.389 e. The van der Waals surface area contributed by atoms with Gasteiger partial charge >= 0.3 is 0 Å². The SMILES string of the molecule is O=C(c1ccc(CS(=O)(=O)c2cccc3scnc23)cc1)N1CCC(O)(Cc2cn[nH]c2)CC1. The number of fused-ring (bicyclic) bond motifs is 1. The van der Waals surface area contributed by atoms with E-state index < -0.39 is 15.4 Å². The molecule has 1 fully saturated rings. The number of amides is 1. The summed E-state index contributed by atoms with van der Waals surface area (Å²) in [6, 6.07) is 11.9. The number of para-hydroxylation sites is 1. The van der Waals surface area contributed by atoms with E-state index in [0.717, 1.165) is 10.3 Å². The second kappa shape index (κ2) is 8.94. The van der Waals surface area contributed by atoms with E-state index in [1.54, 1.807) is 59.2 Å². The fourth-order valence-electron chi connectivity index (χ4n) is 4.39. The van der Waals surface area contributed by atoms with Crippen molar-refractivity contribution < 1.29 is 18.3 Å². The molecule has 2 N–H and O–H groups in total. The fraction of sp³-hybridized carbons (Fsp3) is 0.292. The van der Waals surface area contributed by atoms with E-state index in [-0.39, 0.29) is 16.6 Å². The number of aliphatic hydroxyl groups is 1.